The monoisotopic (exact) mass is 526 g/mol. The van der Waals surface area contributed by atoms with E-state index in [0.29, 0.717) is 50.5 Å². The smallest absolute Gasteiger partial charge is 0.227 e. The summed E-state index contributed by atoms with van der Waals surface area (Å²) in [5, 5.41) is 9.78. The van der Waals surface area contributed by atoms with E-state index in [1.807, 2.05) is 13.0 Å². The molecule has 8 nitrogen and oxygen atoms in total. The molecule has 1 amide bonds. The van der Waals surface area contributed by atoms with E-state index in [1.54, 1.807) is 56.4 Å². The van der Waals surface area contributed by atoms with Gasteiger partial charge in [-0.05, 0) is 62.4 Å². The molecule has 0 aliphatic rings. The fourth-order valence-corrected chi connectivity index (χ4v) is 4.45. The molecule has 0 spiro atoms. The lowest BCUT2D eigenvalue weighted by Gasteiger charge is -2.22. The number of para-hydroxylation sites is 1. The van der Waals surface area contributed by atoms with Gasteiger partial charge in [0.05, 0.1) is 17.1 Å². The maximum absolute atomic E-state index is 13.4. The van der Waals surface area contributed by atoms with Gasteiger partial charge in [-0.1, -0.05) is 29.8 Å². The molecule has 3 rings (SSSR count). The average molecular weight is 527 g/mol. The summed E-state index contributed by atoms with van der Waals surface area (Å²) in [7, 11) is 0. The van der Waals surface area contributed by atoms with Crippen LogP contribution >= 0.6 is 23.4 Å². The van der Waals surface area contributed by atoms with Gasteiger partial charge < -0.3 is 20.5 Å². The second-order valence-electron chi connectivity index (χ2n) is 7.96. The van der Waals surface area contributed by atoms with E-state index in [4.69, 9.17) is 22.1 Å². The Labute approximate surface area is 219 Å². The third-order valence-corrected chi connectivity index (χ3v) is 6.75. The number of nitrogens with zero attached hydrogens (tertiary/aromatic N) is 3. The van der Waals surface area contributed by atoms with Crippen molar-refractivity contribution in [1.82, 2.24) is 14.9 Å². The standard InChI is InChI=1S/C26H27ClN4O4S/c1-16-8-9-20(23(12-16)35-22-7-5-4-6-21(22)27)26(34)36-24(10-11-32)17(2)31(15-33)14-19-13-29-18(3)30-25(19)28/h4-9,12-13,15,32H,10-11,14H2,1-3H3,(H2,28,29,30)/b24-17-. The van der Waals surface area contributed by atoms with Gasteiger partial charge in [0.2, 0.25) is 11.5 Å². The summed E-state index contributed by atoms with van der Waals surface area (Å²) in [6.45, 7) is 5.24. The van der Waals surface area contributed by atoms with Crippen molar-refractivity contribution in [2.24, 2.45) is 0 Å². The normalized spacial score (nSPS) is 11.6. The number of allylic oxidation sites excluding steroid dienone is 1. The molecule has 3 N–H and O–H groups in total. The Bertz CT molecular complexity index is 1300. The van der Waals surface area contributed by atoms with Gasteiger partial charge in [0.25, 0.3) is 0 Å². The number of carbonyl (C=O) groups is 2. The van der Waals surface area contributed by atoms with Crippen LogP contribution in [0.1, 0.15) is 40.7 Å². The van der Waals surface area contributed by atoms with Crippen molar-refractivity contribution in [3.63, 3.8) is 0 Å². The molecule has 0 saturated heterocycles. The number of ether oxygens (including phenoxy) is 1. The van der Waals surface area contributed by atoms with Crippen LogP contribution in [0.4, 0.5) is 5.82 Å². The summed E-state index contributed by atoms with van der Waals surface area (Å²) in [6.07, 6.45) is 2.39. The zero-order valence-corrected chi connectivity index (χ0v) is 21.8. The number of hydrogen-bond acceptors (Lipinski definition) is 8. The number of carbonyl (C=O) groups excluding carboxylic acids is 2. The molecule has 1 heterocycles. The molecule has 10 heteroatoms. The lowest BCUT2D eigenvalue weighted by molar-refractivity contribution is -0.116. The minimum absolute atomic E-state index is 0.122. The first-order valence-electron chi connectivity index (χ1n) is 11.1. The van der Waals surface area contributed by atoms with Crippen LogP contribution in [0.2, 0.25) is 5.02 Å². The van der Waals surface area contributed by atoms with Gasteiger partial charge in [0, 0.05) is 35.4 Å². The van der Waals surface area contributed by atoms with Crippen molar-refractivity contribution in [3.8, 4) is 11.5 Å². The van der Waals surface area contributed by atoms with Crippen molar-refractivity contribution < 1.29 is 19.4 Å². The fraction of sp³-hybridized carbons (Fsp3) is 0.231. The van der Waals surface area contributed by atoms with Crippen LogP contribution in [0.5, 0.6) is 11.5 Å². The van der Waals surface area contributed by atoms with Crippen molar-refractivity contribution in [2.45, 2.75) is 33.7 Å². The first-order chi connectivity index (χ1) is 17.2. The third-order valence-electron chi connectivity index (χ3n) is 5.29. The summed E-state index contributed by atoms with van der Waals surface area (Å²) < 4.78 is 5.99. The van der Waals surface area contributed by atoms with Crippen LogP contribution in [-0.4, -0.2) is 38.1 Å². The molecule has 0 unspecified atom stereocenters. The minimum atomic E-state index is -0.302. The number of halogens is 1. The van der Waals surface area contributed by atoms with E-state index < -0.39 is 0 Å². The Morgan fingerprint density at radius 3 is 2.64 bits per heavy atom. The largest absolute Gasteiger partial charge is 0.455 e. The molecule has 1 aromatic heterocycles. The Kier molecular flexibility index (Phi) is 9.46. The molecule has 0 atom stereocenters. The molecule has 3 aromatic rings. The summed E-state index contributed by atoms with van der Waals surface area (Å²) in [5.41, 5.74) is 8.31. The van der Waals surface area contributed by atoms with Gasteiger partial charge in [-0.25, -0.2) is 9.97 Å². The predicted molar refractivity (Wildman–Crippen MR) is 142 cm³/mol. The number of benzene rings is 2. The Morgan fingerprint density at radius 1 is 1.22 bits per heavy atom. The van der Waals surface area contributed by atoms with E-state index in [9.17, 15) is 14.7 Å². The summed E-state index contributed by atoms with van der Waals surface area (Å²) >= 11 is 7.17. The van der Waals surface area contributed by atoms with E-state index in [1.165, 1.54) is 4.90 Å². The Morgan fingerprint density at radius 2 is 1.97 bits per heavy atom. The van der Waals surface area contributed by atoms with Crippen LogP contribution in [0.15, 0.2) is 59.3 Å². The quantitative estimate of drug-likeness (QED) is 0.343. The molecule has 0 radical (unpaired) electrons. The number of nitrogen functional groups attached to an aromatic ring is 1. The molecule has 0 saturated carbocycles. The molecule has 2 aromatic carbocycles. The highest BCUT2D eigenvalue weighted by molar-refractivity contribution is 8.17. The molecule has 0 aliphatic carbocycles. The van der Waals surface area contributed by atoms with Crippen LogP contribution in [-0.2, 0) is 11.3 Å². The number of aliphatic hydroxyl groups is 1. The Hall–Kier alpha value is -3.40. The van der Waals surface area contributed by atoms with Crippen molar-refractivity contribution in [3.05, 3.63) is 86.8 Å². The van der Waals surface area contributed by atoms with Gasteiger partial charge in [0.1, 0.15) is 23.1 Å². The highest BCUT2D eigenvalue weighted by Crippen LogP contribution is 2.36. The fourth-order valence-electron chi connectivity index (χ4n) is 3.32. The number of thioether (sulfide) groups is 1. The summed E-state index contributed by atoms with van der Waals surface area (Å²) in [6, 6.07) is 12.3. The topological polar surface area (TPSA) is 119 Å². The first kappa shape index (κ1) is 27.2. The maximum Gasteiger partial charge on any atom is 0.227 e. The molecule has 0 bridgehead atoms. The average Bonchev–Trinajstić information content (AvgIpc) is 2.84. The molecule has 36 heavy (non-hydrogen) atoms. The van der Waals surface area contributed by atoms with Crippen molar-refractivity contribution >= 4 is 40.7 Å². The SMILES string of the molecule is C/C(=C(\CCO)SC(=O)c1ccc(C)cc1Oc1ccccc1Cl)N(C=O)Cc1cnc(C)nc1N. The number of aromatic nitrogens is 2. The highest BCUT2D eigenvalue weighted by Gasteiger charge is 2.20. The van der Waals surface area contributed by atoms with Gasteiger partial charge >= 0.3 is 0 Å². The number of aliphatic hydroxyl groups excluding tert-OH is 1. The van der Waals surface area contributed by atoms with Gasteiger partial charge in [-0.3, -0.25) is 9.59 Å². The number of nitrogens with two attached hydrogens (primary N) is 1. The maximum atomic E-state index is 13.4. The van der Waals surface area contributed by atoms with E-state index >= 15 is 0 Å². The number of aryl methyl sites for hydroxylation is 2. The second kappa shape index (κ2) is 12.5. The first-order valence-corrected chi connectivity index (χ1v) is 12.3. The summed E-state index contributed by atoms with van der Waals surface area (Å²) in [4.78, 5) is 35.5. The zero-order valence-electron chi connectivity index (χ0n) is 20.2. The number of hydrogen-bond donors (Lipinski definition) is 2. The van der Waals surface area contributed by atoms with E-state index in [-0.39, 0.29) is 30.5 Å². The lowest BCUT2D eigenvalue weighted by atomic mass is 10.1. The minimum Gasteiger partial charge on any atom is -0.455 e. The van der Waals surface area contributed by atoms with E-state index in [2.05, 4.69) is 9.97 Å². The van der Waals surface area contributed by atoms with Crippen LogP contribution in [0, 0.1) is 13.8 Å². The number of anilines is 1. The van der Waals surface area contributed by atoms with Crippen molar-refractivity contribution in [1.29, 1.82) is 0 Å². The molecule has 188 valence electrons. The zero-order chi connectivity index (χ0) is 26.2. The van der Waals surface area contributed by atoms with Crippen LogP contribution in [0.25, 0.3) is 0 Å². The number of amides is 1. The third kappa shape index (κ3) is 6.84. The molecule has 0 aliphatic heterocycles. The molecular weight excluding hydrogens is 500 g/mol. The van der Waals surface area contributed by atoms with E-state index in [0.717, 1.165) is 17.3 Å². The van der Waals surface area contributed by atoms with Crippen LogP contribution in [0.3, 0.4) is 0 Å². The lowest BCUT2D eigenvalue weighted by Crippen LogP contribution is -2.22. The summed E-state index contributed by atoms with van der Waals surface area (Å²) in [5.74, 6) is 1.58. The second-order valence-corrected chi connectivity index (χ2v) is 9.44. The molecular formula is C26H27ClN4O4S. The predicted octanol–water partition coefficient (Wildman–Crippen LogP) is 5.27. The Balaban J connectivity index is 1.90. The van der Waals surface area contributed by atoms with Gasteiger partial charge in [-0.15, -0.1) is 0 Å². The van der Waals surface area contributed by atoms with Crippen molar-refractivity contribution in [2.75, 3.05) is 12.3 Å². The van der Waals surface area contributed by atoms with Gasteiger partial charge in [0.15, 0.2) is 0 Å². The van der Waals surface area contributed by atoms with Gasteiger partial charge in [-0.2, -0.15) is 0 Å². The van der Waals surface area contributed by atoms with Crippen LogP contribution < -0.4 is 10.5 Å². The number of rotatable bonds is 10. The molecule has 0 fully saturated rings. The highest BCUT2D eigenvalue weighted by atomic mass is 35.5.